The van der Waals surface area contributed by atoms with E-state index in [1.807, 2.05) is 12.3 Å². The number of ether oxygens (including phenoxy) is 1. The van der Waals surface area contributed by atoms with E-state index in [4.69, 9.17) is 10.5 Å². The van der Waals surface area contributed by atoms with E-state index in [-0.39, 0.29) is 5.91 Å². The van der Waals surface area contributed by atoms with Crippen LogP contribution in [-0.4, -0.2) is 17.5 Å². The molecule has 0 atom stereocenters. The summed E-state index contributed by atoms with van der Waals surface area (Å²) in [6.45, 7) is 6.76. The monoisotopic (exact) mass is 319 g/mol. The quantitative estimate of drug-likeness (QED) is 0.792. The number of thiazole rings is 1. The number of amides is 1. The van der Waals surface area contributed by atoms with Gasteiger partial charge in [-0.15, -0.1) is 11.3 Å². The largest absolute Gasteiger partial charge is 0.491 e. The second-order valence-corrected chi connectivity index (χ2v) is 6.15. The van der Waals surface area contributed by atoms with Crippen LogP contribution in [0.2, 0.25) is 0 Å². The molecule has 1 heterocycles. The predicted molar refractivity (Wildman–Crippen MR) is 90.8 cm³/mol. The minimum atomic E-state index is -0.224. The van der Waals surface area contributed by atoms with Crippen molar-refractivity contribution in [3.05, 3.63) is 34.8 Å². The van der Waals surface area contributed by atoms with E-state index < -0.39 is 0 Å². The molecule has 22 heavy (non-hydrogen) atoms. The van der Waals surface area contributed by atoms with E-state index in [1.54, 1.807) is 18.2 Å². The first-order valence-electron chi connectivity index (χ1n) is 7.30. The summed E-state index contributed by atoms with van der Waals surface area (Å²) in [5.74, 6) is 0.723. The molecule has 0 bridgehead atoms. The van der Waals surface area contributed by atoms with Crippen LogP contribution >= 0.6 is 11.3 Å². The summed E-state index contributed by atoms with van der Waals surface area (Å²) in [4.78, 5) is 16.6. The van der Waals surface area contributed by atoms with Gasteiger partial charge in [0.25, 0.3) is 5.91 Å². The fraction of sp³-hybridized carbons (Fsp3) is 0.375. The molecule has 1 amide bonds. The summed E-state index contributed by atoms with van der Waals surface area (Å²) in [6, 6.07) is 5.05. The van der Waals surface area contributed by atoms with E-state index in [2.05, 4.69) is 24.1 Å². The number of carbonyl (C=O) groups excluding carboxylic acids is 1. The normalized spacial score (nSPS) is 10.7. The Bertz CT molecular complexity index is 653. The van der Waals surface area contributed by atoms with Crippen LogP contribution in [0, 0.1) is 0 Å². The van der Waals surface area contributed by atoms with Crippen molar-refractivity contribution in [1.82, 2.24) is 4.98 Å². The van der Waals surface area contributed by atoms with Crippen molar-refractivity contribution in [2.75, 3.05) is 17.7 Å². The van der Waals surface area contributed by atoms with Gasteiger partial charge in [0.2, 0.25) is 0 Å². The highest BCUT2D eigenvalue weighted by molar-refractivity contribution is 7.14. The number of benzene rings is 1. The Hall–Kier alpha value is -2.08. The van der Waals surface area contributed by atoms with Gasteiger partial charge in [0.15, 0.2) is 5.13 Å². The van der Waals surface area contributed by atoms with Gasteiger partial charge in [-0.1, -0.05) is 20.8 Å². The molecular weight excluding hydrogens is 298 g/mol. The Labute approximate surface area is 134 Å². The molecule has 2 rings (SSSR count). The Kier molecular flexibility index (Phi) is 5.38. The zero-order valence-electron chi connectivity index (χ0n) is 13.1. The maximum Gasteiger partial charge on any atom is 0.257 e. The Balaban J connectivity index is 2.07. The first-order chi connectivity index (χ1) is 10.5. The summed E-state index contributed by atoms with van der Waals surface area (Å²) < 4.78 is 5.50. The molecule has 118 valence electrons. The SMILES string of the molecule is CCCOc1ccc(C(=O)Nc2nc(C(C)C)cs2)cc1N. The Morgan fingerprint density at radius 3 is 2.82 bits per heavy atom. The third kappa shape index (κ3) is 3.98. The van der Waals surface area contributed by atoms with Crippen LogP contribution in [0.15, 0.2) is 23.6 Å². The smallest absolute Gasteiger partial charge is 0.257 e. The number of nitrogens with two attached hydrogens (primary N) is 1. The van der Waals surface area contributed by atoms with Crippen molar-refractivity contribution in [3.63, 3.8) is 0 Å². The molecule has 0 saturated heterocycles. The number of nitrogens with one attached hydrogen (secondary N) is 1. The highest BCUT2D eigenvalue weighted by Crippen LogP contribution is 2.25. The summed E-state index contributed by atoms with van der Waals surface area (Å²) in [6.07, 6.45) is 0.907. The number of aromatic nitrogens is 1. The summed E-state index contributed by atoms with van der Waals surface area (Å²) in [5.41, 5.74) is 7.84. The lowest BCUT2D eigenvalue weighted by atomic mass is 10.1. The molecule has 5 nitrogen and oxygen atoms in total. The fourth-order valence-corrected chi connectivity index (χ4v) is 2.68. The average Bonchev–Trinajstić information content (AvgIpc) is 2.94. The van der Waals surface area contributed by atoms with Crippen molar-refractivity contribution in [2.24, 2.45) is 0 Å². The van der Waals surface area contributed by atoms with Gasteiger partial charge in [-0.2, -0.15) is 0 Å². The van der Waals surface area contributed by atoms with Crippen LogP contribution in [0.4, 0.5) is 10.8 Å². The molecule has 0 radical (unpaired) electrons. The summed E-state index contributed by atoms with van der Waals surface area (Å²) in [5, 5.41) is 5.35. The first-order valence-corrected chi connectivity index (χ1v) is 8.18. The number of nitrogen functional groups attached to an aromatic ring is 1. The molecule has 0 fully saturated rings. The molecule has 6 heteroatoms. The van der Waals surface area contributed by atoms with Gasteiger partial charge in [-0.25, -0.2) is 4.98 Å². The molecule has 2 aromatic rings. The predicted octanol–water partition coefficient (Wildman–Crippen LogP) is 3.89. The number of rotatable bonds is 6. The average molecular weight is 319 g/mol. The van der Waals surface area contributed by atoms with Gasteiger partial charge < -0.3 is 10.5 Å². The minimum Gasteiger partial charge on any atom is -0.491 e. The third-order valence-corrected chi connectivity index (χ3v) is 3.84. The van der Waals surface area contributed by atoms with Gasteiger partial charge >= 0.3 is 0 Å². The summed E-state index contributed by atoms with van der Waals surface area (Å²) >= 11 is 1.42. The number of hydrogen-bond donors (Lipinski definition) is 2. The van der Waals surface area contributed by atoms with Gasteiger partial charge in [0.1, 0.15) is 5.75 Å². The van der Waals surface area contributed by atoms with Crippen LogP contribution in [0.3, 0.4) is 0 Å². The molecule has 0 aliphatic heterocycles. The van der Waals surface area contributed by atoms with E-state index >= 15 is 0 Å². The topological polar surface area (TPSA) is 77.2 Å². The minimum absolute atomic E-state index is 0.224. The van der Waals surface area contributed by atoms with Crippen LogP contribution in [-0.2, 0) is 0 Å². The molecule has 1 aromatic heterocycles. The molecule has 0 unspecified atom stereocenters. The highest BCUT2D eigenvalue weighted by atomic mass is 32.1. The number of hydrogen-bond acceptors (Lipinski definition) is 5. The fourth-order valence-electron chi connectivity index (χ4n) is 1.81. The van der Waals surface area contributed by atoms with Crippen molar-refractivity contribution >= 4 is 28.1 Å². The number of carbonyl (C=O) groups is 1. The second kappa shape index (κ2) is 7.26. The molecule has 0 saturated carbocycles. The molecule has 0 aliphatic rings. The molecular formula is C16H21N3O2S. The standard InChI is InChI=1S/C16H21N3O2S/c1-4-7-21-14-6-5-11(8-12(14)17)15(20)19-16-18-13(9-22-16)10(2)3/h5-6,8-10H,4,7,17H2,1-3H3,(H,18,19,20). The Morgan fingerprint density at radius 1 is 1.45 bits per heavy atom. The lowest BCUT2D eigenvalue weighted by Gasteiger charge is -2.09. The van der Waals surface area contributed by atoms with Crippen molar-refractivity contribution < 1.29 is 9.53 Å². The van der Waals surface area contributed by atoms with Crippen molar-refractivity contribution in [1.29, 1.82) is 0 Å². The van der Waals surface area contributed by atoms with Crippen LogP contribution < -0.4 is 15.8 Å². The Morgan fingerprint density at radius 2 is 2.23 bits per heavy atom. The van der Waals surface area contributed by atoms with Gasteiger partial charge in [0.05, 0.1) is 18.0 Å². The van der Waals surface area contributed by atoms with Crippen molar-refractivity contribution in [2.45, 2.75) is 33.1 Å². The first kappa shape index (κ1) is 16.3. The van der Waals surface area contributed by atoms with E-state index in [0.29, 0.717) is 34.7 Å². The van der Waals surface area contributed by atoms with Crippen LogP contribution in [0.25, 0.3) is 0 Å². The van der Waals surface area contributed by atoms with Gasteiger partial charge in [0, 0.05) is 10.9 Å². The highest BCUT2D eigenvalue weighted by Gasteiger charge is 2.12. The molecule has 0 spiro atoms. The van der Waals surface area contributed by atoms with Gasteiger partial charge in [-0.3, -0.25) is 10.1 Å². The van der Waals surface area contributed by atoms with Crippen LogP contribution in [0.1, 0.15) is 49.2 Å². The second-order valence-electron chi connectivity index (χ2n) is 5.29. The van der Waals surface area contributed by atoms with Gasteiger partial charge in [-0.05, 0) is 30.5 Å². The molecule has 1 aromatic carbocycles. The third-order valence-electron chi connectivity index (χ3n) is 3.07. The lowest BCUT2D eigenvalue weighted by Crippen LogP contribution is -2.12. The molecule has 0 aliphatic carbocycles. The number of nitrogens with zero attached hydrogens (tertiary/aromatic N) is 1. The maximum atomic E-state index is 12.2. The zero-order valence-corrected chi connectivity index (χ0v) is 13.9. The lowest BCUT2D eigenvalue weighted by molar-refractivity contribution is 0.102. The van der Waals surface area contributed by atoms with E-state index in [1.165, 1.54) is 11.3 Å². The van der Waals surface area contributed by atoms with E-state index in [9.17, 15) is 4.79 Å². The summed E-state index contributed by atoms with van der Waals surface area (Å²) in [7, 11) is 0. The van der Waals surface area contributed by atoms with Crippen molar-refractivity contribution in [3.8, 4) is 5.75 Å². The number of anilines is 2. The van der Waals surface area contributed by atoms with Crippen LogP contribution in [0.5, 0.6) is 5.75 Å². The molecule has 3 N–H and O–H groups in total. The zero-order chi connectivity index (χ0) is 16.1. The van der Waals surface area contributed by atoms with E-state index in [0.717, 1.165) is 12.1 Å². The maximum absolute atomic E-state index is 12.2.